The van der Waals surface area contributed by atoms with Crippen molar-refractivity contribution in [3.63, 3.8) is 0 Å². The van der Waals surface area contributed by atoms with E-state index in [0.717, 1.165) is 6.07 Å². The Kier molecular flexibility index (Phi) is 6.23. The first-order chi connectivity index (χ1) is 12.4. The van der Waals surface area contributed by atoms with Crippen LogP contribution in [0.15, 0.2) is 52.5 Å². The summed E-state index contributed by atoms with van der Waals surface area (Å²) in [7, 11) is 0. The lowest BCUT2D eigenvalue weighted by Crippen LogP contribution is -2.31. The van der Waals surface area contributed by atoms with Gasteiger partial charge in [-0.15, -0.1) is 6.58 Å². The van der Waals surface area contributed by atoms with Crippen LogP contribution >= 0.6 is 12.2 Å². The summed E-state index contributed by atoms with van der Waals surface area (Å²) in [6.45, 7) is 4.05. The van der Waals surface area contributed by atoms with Crippen LogP contribution < -0.4 is 10.7 Å². The molecule has 1 heterocycles. The summed E-state index contributed by atoms with van der Waals surface area (Å²) in [5.74, 6) is -1.78. The lowest BCUT2D eigenvalue weighted by molar-refractivity contribution is 0.0696. The highest BCUT2D eigenvalue weighted by molar-refractivity contribution is 7.80. The van der Waals surface area contributed by atoms with Crippen LogP contribution in [0.25, 0.3) is 11.3 Å². The van der Waals surface area contributed by atoms with Gasteiger partial charge in [-0.1, -0.05) is 6.08 Å². The zero-order chi connectivity index (χ0) is 19.1. The Morgan fingerprint density at radius 3 is 2.42 bits per heavy atom. The summed E-state index contributed by atoms with van der Waals surface area (Å²) in [5.41, 5.74) is 2.63. The van der Waals surface area contributed by atoms with Crippen molar-refractivity contribution in [3.05, 3.63) is 59.9 Å². The van der Waals surface area contributed by atoms with Gasteiger partial charge in [0.1, 0.15) is 11.5 Å². The molecule has 2 rings (SSSR count). The summed E-state index contributed by atoms with van der Waals surface area (Å²) in [5, 5.41) is 25.3. The molecular formula is C17H15N3O5S. The van der Waals surface area contributed by atoms with Gasteiger partial charge in [0.05, 0.1) is 17.3 Å². The van der Waals surface area contributed by atoms with Gasteiger partial charge in [-0.3, -0.25) is 5.43 Å². The Morgan fingerprint density at radius 1 is 1.19 bits per heavy atom. The van der Waals surface area contributed by atoms with E-state index in [1.807, 2.05) is 0 Å². The van der Waals surface area contributed by atoms with E-state index in [4.69, 9.17) is 26.8 Å². The molecule has 26 heavy (non-hydrogen) atoms. The predicted octanol–water partition coefficient (Wildman–Crippen LogP) is 2.33. The number of nitrogens with one attached hydrogen (secondary N) is 2. The number of aromatic carboxylic acids is 2. The van der Waals surface area contributed by atoms with Crippen molar-refractivity contribution in [1.29, 1.82) is 0 Å². The quantitative estimate of drug-likeness (QED) is 0.252. The molecule has 0 radical (unpaired) electrons. The molecule has 0 spiro atoms. The number of carboxylic acids is 2. The largest absolute Gasteiger partial charge is 0.478 e. The van der Waals surface area contributed by atoms with Crippen molar-refractivity contribution in [2.24, 2.45) is 5.10 Å². The minimum Gasteiger partial charge on any atom is -0.478 e. The molecule has 0 fully saturated rings. The number of furan rings is 1. The highest BCUT2D eigenvalue weighted by Crippen LogP contribution is 2.24. The van der Waals surface area contributed by atoms with Crippen molar-refractivity contribution >= 4 is 35.5 Å². The number of carbonyl (C=O) groups is 2. The van der Waals surface area contributed by atoms with Gasteiger partial charge in [-0.2, -0.15) is 5.10 Å². The minimum absolute atomic E-state index is 0.146. The van der Waals surface area contributed by atoms with Crippen LogP contribution in [0.3, 0.4) is 0 Å². The molecule has 0 atom stereocenters. The molecule has 4 N–H and O–H groups in total. The van der Waals surface area contributed by atoms with Gasteiger partial charge in [-0.25, -0.2) is 9.59 Å². The van der Waals surface area contributed by atoms with Gasteiger partial charge in [0.2, 0.25) is 0 Å². The maximum Gasteiger partial charge on any atom is 0.335 e. The van der Waals surface area contributed by atoms with E-state index < -0.39 is 11.9 Å². The number of nitrogens with zero attached hydrogens (tertiary/aromatic N) is 1. The summed E-state index contributed by atoms with van der Waals surface area (Å²) < 4.78 is 5.55. The second-order valence-electron chi connectivity index (χ2n) is 4.98. The van der Waals surface area contributed by atoms with E-state index in [-0.39, 0.29) is 11.1 Å². The molecule has 0 aliphatic carbocycles. The van der Waals surface area contributed by atoms with Crippen molar-refractivity contribution in [1.82, 2.24) is 10.7 Å². The highest BCUT2D eigenvalue weighted by atomic mass is 32.1. The number of hydrazone groups is 1. The van der Waals surface area contributed by atoms with Gasteiger partial charge in [0, 0.05) is 12.1 Å². The Hall–Kier alpha value is -3.46. The molecule has 0 aliphatic heterocycles. The number of hydrogen-bond acceptors (Lipinski definition) is 5. The number of rotatable bonds is 7. The van der Waals surface area contributed by atoms with Crippen LogP contribution in [0.1, 0.15) is 26.5 Å². The second kappa shape index (κ2) is 8.58. The third-order valence-electron chi connectivity index (χ3n) is 3.10. The van der Waals surface area contributed by atoms with Crippen LogP contribution in [0.2, 0.25) is 0 Å². The highest BCUT2D eigenvalue weighted by Gasteiger charge is 2.14. The van der Waals surface area contributed by atoms with Crippen molar-refractivity contribution in [2.45, 2.75) is 0 Å². The Morgan fingerprint density at radius 2 is 1.85 bits per heavy atom. The van der Waals surface area contributed by atoms with Gasteiger partial charge in [0.15, 0.2) is 5.11 Å². The molecular weight excluding hydrogens is 358 g/mol. The fourth-order valence-electron chi connectivity index (χ4n) is 1.95. The number of hydrogen-bond donors (Lipinski definition) is 4. The lowest BCUT2D eigenvalue weighted by Gasteiger charge is -2.03. The molecule has 8 nitrogen and oxygen atoms in total. The van der Waals surface area contributed by atoms with E-state index in [1.165, 1.54) is 18.3 Å². The fraction of sp³-hybridized carbons (Fsp3) is 0.0588. The molecule has 1 aromatic carbocycles. The first-order valence-electron chi connectivity index (χ1n) is 7.30. The minimum atomic E-state index is -1.23. The molecule has 0 aliphatic rings. The molecule has 2 aromatic rings. The van der Waals surface area contributed by atoms with Crippen LogP contribution in [-0.2, 0) is 0 Å². The fourth-order valence-corrected chi connectivity index (χ4v) is 2.09. The Bertz CT molecular complexity index is 856. The molecule has 134 valence electrons. The third kappa shape index (κ3) is 5.02. The van der Waals surface area contributed by atoms with Crippen molar-refractivity contribution in [2.75, 3.05) is 6.54 Å². The zero-order valence-electron chi connectivity index (χ0n) is 13.4. The van der Waals surface area contributed by atoms with E-state index in [2.05, 4.69) is 22.4 Å². The first kappa shape index (κ1) is 18.9. The average Bonchev–Trinajstić information content (AvgIpc) is 3.08. The van der Waals surface area contributed by atoms with Gasteiger partial charge >= 0.3 is 11.9 Å². The van der Waals surface area contributed by atoms with Gasteiger partial charge in [0.25, 0.3) is 0 Å². The van der Waals surface area contributed by atoms with Crippen LogP contribution in [0.4, 0.5) is 0 Å². The first-order valence-corrected chi connectivity index (χ1v) is 7.71. The average molecular weight is 373 g/mol. The number of thiocarbonyl (C=S) groups is 1. The Labute approximate surface area is 153 Å². The summed E-state index contributed by atoms with van der Waals surface area (Å²) in [4.78, 5) is 22.3. The summed E-state index contributed by atoms with van der Waals surface area (Å²) >= 11 is 4.97. The number of benzene rings is 1. The monoisotopic (exact) mass is 373 g/mol. The Balaban J connectivity index is 2.18. The predicted molar refractivity (Wildman–Crippen MR) is 99.6 cm³/mol. The maximum absolute atomic E-state index is 11.2. The number of carboxylic acid groups (broad SMARTS) is 2. The van der Waals surface area contributed by atoms with Crippen molar-refractivity contribution < 1.29 is 24.2 Å². The van der Waals surface area contributed by atoms with Crippen LogP contribution in [0.5, 0.6) is 0 Å². The molecule has 0 saturated heterocycles. The summed E-state index contributed by atoms with van der Waals surface area (Å²) in [6.07, 6.45) is 3.03. The smallest absolute Gasteiger partial charge is 0.335 e. The topological polar surface area (TPSA) is 124 Å². The maximum atomic E-state index is 11.2. The third-order valence-corrected chi connectivity index (χ3v) is 3.34. The van der Waals surface area contributed by atoms with E-state index in [0.29, 0.717) is 28.7 Å². The molecule has 1 aromatic heterocycles. The van der Waals surface area contributed by atoms with Gasteiger partial charge < -0.3 is 19.9 Å². The molecule has 0 saturated carbocycles. The van der Waals surface area contributed by atoms with Gasteiger partial charge in [-0.05, 0) is 42.5 Å². The second-order valence-corrected chi connectivity index (χ2v) is 5.39. The lowest BCUT2D eigenvalue weighted by atomic mass is 10.0. The van der Waals surface area contributed by atoms with E-state index >= 15 is 0 Å². The van der Waals surface area contributed by atoms with E-state index in [9.17, 15) is 9.59 Å². The SMILES string of the molecule is C=CCNC(=S)N/N=C/c1ccc(-c2cc(C(=O)O)cc(C(=O)O)c2)o1. The molecule has 0 amide bonds. The molecule has 0 unspecified atom stereocenters. The van der Waals surface area contributed by atoms with Crippen LogP contribution in [-0.4, -0.2) is 40.0 Å². The van der Waals surface area contributed by atoms with E-state index in [1.54, 1.807) is 18.2 Å². The van der Waals surface area contributed by atoms with Crippen molar-refractivity contribution in [3.8, 4) is 11.3 Å². The molecule has 0 bridgehead atoms. The van der Waals surface area contributed by atoms with Crippen LogP contribution in [0, 0.1) is 0 Å². The zero-order valence-corrected chi connectivity index (χ0v) is 14.2. The molecule has 9 heteroatoms. The summed E-state index contributed by atoms with van der Waals surface area (Å²) in [6, 6.07) is 6.94. The standard InChI is InChI=1S/C17H15N3O5S/c1-2-5-18-17(26)20-19-9-13-3-4-14(25-13)10-6-11(15(21)22)8-12(7-10)16(23)24/h2-4,6-9H,1,5H2,(H,21,22)(H,23,24)(H2,18,20,26)/b19-9+. The normalized spacial score (nSPS) is 10.5.